The quantitative estimate of drug-likeness (QED) is 0.646. The smallest absolute Gasteiger partial charge is 0.243 e. The predicted octanol–water partition coefficient (Wildman–Crippen LogP) is 3.64. The number of rotatable bonds is 8. The van der Waals surface area contributed by atoms with E-state index >= 15 is 0 Å². The molecule has 164 valence electrons. The third-order valence-electron chi connectivity index (χ3n) is 4.74. The Hall–Kier alpha value is -2.54. The van der Waals surface area contributed by atoms with E-state index in [2.05, 4.69) is 26.1 Å². The van der Waals surface area contributed by atoms with Gasteiger partial charge in [0.1, 0.15) is 18.4 Å². The van der Waals surface area contributed by atoms with Crippen LogP contribution in [0.5, 0.6) is 5.75 Å². The maximum absolute atomic E-state index is 12.6. The summed E-state index contributed by atoms with van der Waals surface area (Å²) in [6, 6.07) is 14.1. The van der Waals surface area contributed by atoms with Gasteiger partial charge in [0, 0.05) is 0 Å². The van der Waals surface area contributed by atoms with Crippen LogP contribution in [-0.2, 0) is 20.2 Å². The number of hydrogen-bond acceptors (Lipinski definition) is 4. The van der Waals surface area contributed by atoms with E-state index in [1.54, 1.807) is 25.1 Å². The first-order valence-corrected chi connectivity index (χ1v) is 11.8. The van der Waals surface area contributed by atoms with Crippen molar-refractivity contribution in [2.75, 3.05) is 23.7 Å². The summed E-state index contributed by atoms with van der Waals surface area (Å²) >= 11 is 0. The fourth-order valence-electron chi connectivity index (χ4n) is 3.12. The van der Waals surface area contributed by atoms with Crippen molar-refractivity contribution in [3.63, 3.8) is 0 Å². The SMILES string of the molecule is Cc1cccc(N(C(C)C(=O)NCCOc2ccc(C(C)(C)C)cc2)S(C)(=O)=O)c1. The Morgan fingerprint density at radius 2 is 1.77 bits per heavy atom. The molecule has 2 aromatic rings. The van der Waals surface area contributed by atoms with Gasteiger partial charge in [-0.25, -0.2) is 8.42 Å². The molecule has 0 aliphatic heterocycles. The van der Waals surface area contributed by atoms with Gasteiger partial charge in [-0.05, 0) is 54.7 Å². The number of nitrogens with one attached hydrogen (secondary N) is 1. The molecule has 0 saturated carbocycles. The highest BCUT2D eigenvalue weighted by Crippen LogP contribution is 2.24. The van der Waals surface area contributed by atoms with Crippen LogP contribution in [-0.4, -0.2) is 39.8 Å². The standard InChI is InChI=1S/C23H32N2O4S/c1-17-8-7-9-20(16-17)25(30(6,27)28)18(2)22(26)24-14-15-29-21-12-10-19(11-13-21)23(3,4)5/h7-13,16,18H,14-15H2,1-6H3,(H,24,26). The van der Waals surface area contributed by atoms with E-state index in [1.807, 2.05) is 37.3 Å². The van der Waals surface area contributed by atoms with Crippen molar-refractivity contribution in [2.24, 2.45) is 0 Å². The maximum atomic E-state index is 12.6. The summed E-state index contributed by atoms with van der Waals surface area (Å²) in [4.78, 5) is 12.6. The first kappa shape index (κ1) is 23.7. The van der Waals surface area contributed by atoms with E-state index in [4.69, 9.17) is 4.74 Å². The van der Waals surface area contributed by atoms with Crippen LogP contribution in [0, 0.1) is 6.92 Å². The number of nitrogens with zero attached hydrogens (tertiary/aromatic N) is 1. The number of ether oxygens (including phenoxy) is 1. The van der Waals surface area contributed by atoms with Crippen LogP contribution < -0.4 is 14.4 Å². The Bertz CT molecular complexity index is 963. The second-order valence-electron chi connectivity index (χ2n) is 8.49. The molecule has 0 radical (unpaired) electrons. The van der Waals surface area contributed by atoms with Gasteiger partial charge in [-0.15, -0.1) is 0 Å². The number of amides is 1. The molecule has 0 fully saturated rings. The van der Waals surface area contributed by atoms with Crippen LogP contribution in [0.15, 0.2) is 48.5 Å². The highest BCUT2D eigenvalue weighted by Gasteiger charge is 2.28. The largest absolute Gasteiger partial charge is 0.492 e. The van der Waals surface area contributed by atoms with E-state index < -0.39 is 16.1 Å². The fraction of sp³-hybridized carbons (Fsp3) is 0.435. The highest BCUT2D eigenvalue weighted by molar-refractivity contribution is 7.92. The number of carbonyl (C=O) groups is 1. The van der Waals surface area contributed by atoms with Crippen molar-refractivity contribution in [3.05, 3.63) is 59.7 Å². The molecule has 1 amide bonds. The van der Waals surface area contributed by atoms with Gasteiger partial charge in [-0.3, -0.25) is 9.10 Å². The molecule has 7 heteroatoms. The number of benzene rings is 2. The lowest BCUT2D eigenvalue weighted by Crippen LogP contribution is -2.48. The first-order valence-electron chi connectivity index (χ1n) is 9.97. The summed E-state index contributed by atoms with van der Waals surface area (Å²) < 4.78 is 31.5. The van der Waals surface area contributed by atoms with Crippen LogP contribution in [0.3, 0.4) is 0 Å². The summed E-state index contributed by atoms with van der Waals surface area (Å²) in [5.41, 5.74) is 2.68. The lowest BCUT2D eigenvalue weighted by atomic mass is 9.87. The van der Waals surface area contributed by atoms with Crippen LogP contribution in [0.2, 0.25) is 0 Å². The van der Waals surface area contributed by atoms with E-state index in [0.717, 1.165) is 21.9 Å². The number of aryl methyl sites for hydroxylation is 1. The molecule has 0 aliphatic carbocycles. The average molecular weight is 433 g/mol. The average Bonchev–Trinajstić information content (AvgIpc) is 2.63. The maximum Gasteiger partial charge on any atom is 0.243 e. The van der Waals surface area contributed by atoms with E-state index in [-0.39, 0.29) is 24.5 Å². The molecule has 0 aromatic heterocycles. The van der Waals surface area contributed by atoms with Gasteiger partial charge in [-0.1, -0.05) is 45.0 Å². The van der Waals surface area contributed by atoms with Crippen molar-refractivity contribution in [3.8, 4) is 5.75 Å². The topological polar surface area (TPSA) is 75.7 Å². The van der Waals surface area contributed by atoms with Gasteiger partial charge in [-0.2, -0.15) is 0 Å². The van der Waals surface area contributed by atoms with E-state index in [0.29, 0.717) is 5.69 Å². The lowest BCUT2D eigenvalue weighted by molar-refractivity contribution is -0.121. The molecule has 2 aromatic carbocycles. The van der Waals surface area contributed by atoms with Gasteiger partial charge in [0.2, 0.25) is 15.9 Å². The van der Waals surface area contributed by atoms with Gasteiger partial charge in [0.25, 0.3) is 0 Å². The monoisotopic (exact) mass is 432 g/mol. The van der Waals surface area contributed by atoms with Crippen molar-refractivity contribution in [1.82, 2.24) is 5.32 Å². The molecule has 0 aliphatic rings. The number of carbonyl (C=O) groups excluding carboxylic acids is 1. The molecule has 0 bridgehead atoms. The molecule has 1 atom stereocenters. The summed E-state index contributed by atoms with van der Waals surface area (Å²) in [6.07, 6.45) is 1.10. The summed E-state index contributed by atoms with van der Waals surface area (Å²) in [5, 5.41) is 2.76. The van der Waals surface area contributed by atoms with Crippen molar-refractivity contribution >= 4 is 21.6 Å². The molecular weight excluding hydrogens is 400 g/mol. The van der Waals surface area contributed by atoms with Crippen molar-refractivity contribution in [2.45, 2.75) is 46.1 Å². The Labute approximate surface area is 180 Å². The minimum absolute atomic E-state index is 0.0748. The molecule has 0 saturated heterocycles. The Morgan fingerprint density at radius 3 is 2.30 bits per heavy atom. The Morgan fingerprint density at radius 1 is 1.13 bits per heavy atom. The zero-order valence-electron chi connectivity index (χ0n) is 18.6. The van der Waals surface area contributed by atoms with Crippen LogP contribution >= 0.6 is 0 Å². The minimum Gasteiger partial charge on any atom is -0.492 e. The molecule has 1 unspecified atom stereocenters. The van der Waals surface area contributed by atoms with Crippen LogP contribution in [0.1, 0.15) is 38.8 Å². The van der Waals surface area contributed by atoms with Crippen molar-refractivity contribution < 1.29 is 17.9 Å². The minimum atomic E-state index is -3.63. The summed E-state index contributed by atoms with van der Waals surface area (Å²) in [6.45, 7) is 10.5. The molecule has 1 N–H and O–H groups in total. The summed E-state index contributed by atoms with van der Waals surface area (Å²) in [7, 11) is -3.63. The van der Waals surface area contributed by atoms with Gasteiger partial charge >= 0.3 is 0 Å². The number of hydrogen-bond donors (Lipinski definition) is 1. The second kappa shape index (κ2) is 9.51. The second-order valence-corrected chi connectivity index (χ2v) is 10.3. The first-order chi connectivity index (χ1) is 13.9. The van der Waals surface area contributed by atoms with E-state index in [1.165, 1.54) is 5.56 Å². The number of anilines is 1. The van der Waals surface area contributed by atoms with Gasteiger partial charge in [0.05, 0.1) is 18.5 Å². The molecule has 0 spiro atoms. The molecular formula is C23H32N2O4S. The number of sulfonamides is 1. The zero-order valence-corrected chi connectivity index (χ0v) is 19.4. The van der Waals surface area contributed by atoms with Gasteiger partial charge < -0.3 is 10.1 Å². The summed E-state index contributed by atoms with van der Waals surface area (Å²) in [5.74, 6) is 0.344. The molecule has 0 heterocycles. The van der Waals surface area contributed by atoms with Crippen LogP contribution in [0.4, 0.5) is 5.69 Å². The molecule has 30 heavy (non-hydrogen) atoms. The fourth-order valence-corrected chi connectivity index (χ4v) is 4.28. The van der Waals surface area contributed by atoms with Crippen LogP contribution in [0.25, 0.3) is 0 Å². The molecule has 2 rings (SSSR count). The molecule has 6 nitrogen and oxygen atoms in total. The van der Waals surface area contributed by atoms with Gasteiger partial charge in [0.15, 0.2) is 0 Å². The lowest BCUT2D eigenvalue weighted by Gasteiger charge is -2.28. The predicted molar refractivity (Wildman–Crippen MR) is 122 cm³/mol. The highest BCUT2D eigenvalue weighted by atomic mass is 32.2. The Kier molecular flexibility index (Phi) is 7.53. The third kappa shape index (κ3) is 6.49. The normalized spacial score (nSPS) is 12.9. The Balaban J connectivity index is 1.94. The van der Waals surface area contributed by atoms with Crippen molar-refractivity contribution in [1.29, 1.82) is 0 Å². The zero-order chi connectivity index (χ0) is 22.5. The van der Waals surface area contributed by atoms with E-state index in [9.17, 15) is 13.2 Å². The third-order valence-corrected chi connectivity index (χ3v) is 5.98.